The molecular formula is C15H27N3O. The van der Waals surface area contributed by atoms with E-state index in [0.717, 1.165) is 32.6 Å². The van der Waals surface area contributed by atoms with Crippen LogP contribution in [0.1, 0.15) is 32.6 Å². The molecule has 2 rings (SSSR count). The molecule has 0 bridgehead atoms. The van der Waals surface area contributed by atoms with E-state index in [1.165, 1.54) is 19.3 Å². The molecule has 1 N–H and O–H groups in total. The van der Waals surface area contributed by atoms with Crippen molar-refractivity contribution < 1.29 is 4.79 Å². The number of nitrogens with zero attached hydrogens (tertiary/aromatic N) is 2. The molecule has 2 fully saturated rings. The van der Waals surface area contributed by atoms with E-state index in [0.29, 0.717) is 18.6 Å². The smallest absolute Gasteiger partial charge is 0.234 e. The van der Waals surface area contributed by atoms with Crippen molar-refractivity contribution in [3.63, 3.8) is 0 Å². The Morgan fingerprint density at radius 3 is 2.63 bits per heavy atom. The summed E-state index contributed by atoms with van der Waals surface area (Å²) in [5.41, 5.74) is 0. The highest BCUT2D eigenvalue weighted by atomic mass is 16.2. The van der Waals surface area contributed by atoms with Crippen molar-refractivity contribution in [2.45, 2.75) is 44.7 Å². The highest BCUT2D eigenvalue weighted by molar-refractivity contribution is 5.78. The summed E-state index contributed by atoms with van der Waals surface area (Å²) in [6, 6.07) is 1.10. The Morgan fingerprint density at radius 2 is 2.05 bits per heavy atom. The second-order valence-electron chi connectivity index (χ2n) is 5.87. The lowest BCUT2D eigenvalue weighted by molar-refractivity contribution is -0.122. The standard InChI is InChI=1S/C15H27N3O/c1-3-4-5-13(2)18-10-8-17(9-11-18)12-15(19)16-14-6-7-14/h3,13-14H,1,4-12H2,2H3,(H,16,19)/t13-/m0/s1. The van der Waals surface area contributed by atoms with E-state index >= 15 is 0 Å². The molecule has 0 unspecified atom stereocenters. The Labute approximate surface area is 116 Å². The summed E-state index contributed by atoms with van der Waals surface area (Å²) in [5.74, 6) is 0.204. The second kappa shape index (κ2) is 7.06. The Bertz CT molecular complexity index is 307. The monoisotopic (exact) mass is 265 g/mol. The first-order valence-corrected chi connectivity index (χ1v) is 7.55. The molecule has 4 heteroatoms. The van der Waals surface area contributed by atoms with Crippen molar-refractivity contribution in [3.05, 3.63) is 12.7 Å². The van der Waals surface area contributed by atoms with Crippen molar-refractivity contribution in [1.29, 1.82) is 0 Å². The molecule has 1 amide bonds. The minimum atomic E-state index is 0.204. The summed E-state index contributed by atoms with van der Waals surface area (Å²) in [7, 11) is 0. The zero-order valence-corrected chi connectivity index (χ0v) is 12.1. The average molecular weight is 265 g/mol. The van der Waals surface area contributed by atoms with Gasteiger partial charge in [0.05, 0.1) is 6.54 Å². The van der Waals surface area contributed by atoms with E-state index in [1.807, 2.05) is 6.08 Å². The third kappa shape index (κ3) is 4.96. The van der Waals surface area contributed by atoms with E-state index in [-0.39, 0.29) is 5.91 Å². The van der Waals surface area contributed by atoms with Crippen LogP contribution in [0, 0.1) is 0 Å². The number of piperazine rings is 1. The van der Waals surface area contributed by atoms with Gasteiger partial charge < -0.3 is 5.32 Å². The van der Waals surface area contributed by atoms with Crippen molar-refractivity contribution in [1.82, 2.24) is 15.1 Å². The van der Waals surface area contributed by atoms with Gasteiger partial charge in [-0.05, 0) is 32.6 Å². The van der Waals surface area contributed by atoms with Crippen LogP contribution in [-0.2, 0) is 4.79 Å². The Balaban J connectivity index is 1.63. The Hall–Kier alpha value is -0.870. The number of rotatable bonds is 7. The number of carbonyl (C=O) groups is 1. The van der Waals surface area contributed by atoms with Crippen LogP contribution in [0.4, 0.5) is 0 Å². The largest absolute Gasteiger partial charge is 0.352 e. The van der Waals surface area contributed by atoms with Gasteiger partial charge in [0.1, 0.15) is 0 Å². The molecular weight excluding hydrogens is 238 g/mol. The minimum absolute atomic E-state index is 0.204. The summed E-state index contributed by atoms with van der Waals surface area (Å²) in [4.78, 5) is 16.5. The molecule has 108 valence electrons. The van der Waals surface area contributed by atoms with Gasteiger partial charge in [0.15, 0.2) is 0 Å². The third-order valence-corrected chi connectivity index (χ3v) is 4.13. The molecule has 1 atom stereocenters. The lowest BCUT2D eigenvalue weighted by Crippen LogP contribution is -2.51. The predicted molar refractivity (Wildman–Crippen MR) is 78.1 cm³/mol. The lowest BCUT2D eigenvalue weighted by atomic mass is 10.1. The van der Waals surface area contributed by atoms with E-state index in [1.54, 1.807) is 0 Å². The molecule has 0 aromatic rings. The van der Waals surface area contributed by atoms with Gasteiger partial charge in [-0.2, -0.15) is 0 Å². The first-order chi connectivity index (χ1) is 9.19. The predicted octanol–water partition coefficient (Wildman–Crippen LogP) is 1.24. The number of hydrogen-bond donors (Lipinski definition) is 1. The van der Waals surface area contributed by atoms with Crippen LogP contribution in [0.25, 0.3) is 0 Å². The number of nitrogens with one attached hydrogen (secondary N) is 1. The maximum Gasteiger partial charge on any atom is 0.234 e. The zero-order valence-electron chi connectivity index (χ0n) is 12.1. The number of hydrogen-bond acceptors (Lipinski definition) is 3. The van der Waals surface area contributed by atoms with E-state index in [9.17, 15) is 4.79 Å². The van der Waals surface area contributed by atoms with Crippen LogP contribution in [0.3, 0.4) is 0 Å². The second-order valence-corrected chi connectivity index (χ2v) is 5.87. The van der Waals surface area contributed by atoms with Crippen molar-refractivity contribution in [2.24, 2.45) is 0 Å². The zero-order chi connectivity index (χ0) is 13.7. The molecule has 2 aliphatic rings. The molecule has 1 aliphatic heterocycles. The van der Waals surface area contributed by atoms with Crippen LogP contribution >= 0.6 is 0 Å². The lowest BCUT2D eigenvalue weighted by Gasteiger charge is -2.37. The maximum absolute atomic E-state index is 11.7. The summed E-state index contributed by atoms with van der Waals surface area (Å²) in [6.07, 6.45) is 6.60. The summed E-state index contributed by atoms with van der Waals surface area (Å²) >= 11 is 0. The SMILES string of the molecule is C=CCC[C@H](C)N1CCN(CC(=O)NC2CC2)CC1. The summed E-state index contributed by atoms with van der Waals surface area (Å²) in [5, 5.41) is 3.06. The fourth-order valence-electron chi connectivity index (χ4n) is 2.61. The molecule has 1 aliphatic carbocycles. The average Bonchev–Trinajstić information content (AvgIpc) is 3.20. The van der Waals surface area contributed by atoms with E-state index < -0.39 is 0 Å². The van der Waals surface area contributed by atoms with Crippen LogP contribution in [0.5, 0.6) is 0 Å². The van der Waals surface area contributed by atoms with Crippen molar-refractivity contribution in [3.8, 4) is 0 Å². The molecule has 1 saturated carbocycles. The van der Waals surface area contributed by atoms with Gasteiger partial charge in [-0.3, -0.25) is 14.6 Å². The minimum Gasteiger partial charge on any atom is -0.352 e. The number of carbonyl (C=O) groups excluding carboxylic acids is 1. The van der Waals surface area contributed by atoms with Crippen LogP contribution in [0.2, 0.25) is 0 Å². The quantitative estimate of drug-likeness (QED) is 0.704. The normalized spacial score (nSPS) is 23.0. The van der Waals surface area contributed by atoms with Gasteiger partial charge in [-0.15, -0.1) is 6.58 Å². The first-order valence-electron chi connectivity index (χ1n) is 7.55. The molecule has 19 heavy (non-hydrogen) atoms. The summed E-state index contributed by atoms with van der Waals surface area (Å²) in [6.45, 7) is 10.8. The van der Waals surface area contributed by atoms with Crippen LogP contribution in [-0.4, -0.2) is 60.5 Å². The van der Waals surface area contributed by atoms with Gasteiger partial charge in [-0.25, -0.2) is 0 Å². The molecule has 0 aromatic carbocycles. The maximum atomic E-state index is 11.7. The van der Waals surface area contributed by atoms with Crippen LogP contribution in [0.15, 0.2) is 12.7 Å². The van der Waals surface area contributed by atoms with Crippen molar-refractivity contribution >= 4 is 5.91 Å². The third-order valence-electron chi connectivity index (χ3n) is 4.13. The molecule has 1 heterocycles. The van der Waals surface area contributed by atoms with Crippen LogP contribution < -0.4 is 5.32 Å². The highest BCUT2D eigenvalue weighted by Gasteiger charge is 2.26. The highest BCUT2D eigenvalue weighted by Crippen LogP contribution is 2.18. The van der Waals surface area contributed by atoms with Gasteiger partial charge in [0.2, 0.25) is 5.91 Å². The van der Waals surface area contributed by atoms with Crippen molar-refractivity contribution in [2.75, 3.05) is 32.7 Å². The fraction of sp³-hybridized carbons (Fsp3) is 0.800. The Kier molecular flexibility index (Phi) is 5.40. The molecule has 0 aromatic heterocycles. The van der Waals surface area contributed by atoms with E-state index in [4.69, 9.17) is 0 Å². The van der Waals surface area contributed by atoms with Gasteiger partial charge in [-0.1, -0.05) is 6.08 Å². The molecule has 0 spiro atoms. The number of amides is 1. The van der Waals surface area contributed by atoms with E-state index in [2.05, 4.69) is 28.6 Å². The Morgan fingerprint density at radius 1 is 1.37 bits per heavy atom. The van der Waals surface area contributed by atoms with Gasteiger partial charge in [0, 0.05) is 38.3 Å². The molecule has 0 radical (unpaired) electrons. The number of allylic oxidation sites excluding steroid dienone is 1. The fourth-order valence-corrected chi connectivity index (χ4v) is 2.61. The van der Waals surface area contributed by atoms with Gasteiger partial charge >= 0.3 is 0 Å². The summed E-state index contributed by atoms with van der Waals surface area (Å²) < 4.78 is 0. The first kappa shape index (κ1) is 14.5. The van der Waals surface area contributed by atoms with Gasteiger partial charge in [0.25, 0.3) is 0 Å². The molecule has 4 nitrogen and oxygen atoms in total. The topological polar surface area (TPSA) is 35.6 Å². The molecule has 1 saturated heterocycles.